The Morgan fingerprint density at radius 2 is 2.31 bits per heavy atom. The topological polar surface area (TPSA) is 24.5 Å². The van der Waals surface area contributed by atoms with Crippen LogP contribution in [0.5, 0.6) is 0 Å². The number of nitrogens with zero attached hydrogens (tertiary/aromatic N) is 1. The van der Waals surface area contributed by atoms with Crippen LogP contribution in [0.25, 0.3) is 0 Å². The number of morpholine rings is 1. The van der Waals surface area contributed by atoms with Crippen LogP contribution in [0.3, 0.4) is 0 Å². The number of hydrogen-bond donors (Lipinski definition) is 1. The first-order valence-electron chi connectivity index (χ1n) is 4.76. The fourth-order valence-corrected chi connectivity index (χ4v) is 1.87. The van der Waals surface area contributed by atoms with Crippen LogP contribution in [0, 0.1) is 0 Å². The van der Waals surface area contributed by atoms with Gasteiger partial charge in [0, 0.05) is 12.6 Å². The Morgan fingerprint density at radius 3 is 2.85 bits per heavy atom. The summed E-state index contributed by atoms with van der Waals surface area (Å²) in [6, 6.07) is 0.801. The molecule has 76 valence electrons. The van der Waals surface area contributed by atoms with Gasteiger partial charge in [-0.2, -0.15) is 0 Å². The summed E-state index contributed by atoms with van der Waals surface area (Å²) in [4.78, 5) is 2.19. The largest absolute Gasteiger partial charge is 0.377 e. The fourth-order valence-electron chi connectivity index (χ4n) is 1.36. The molecule has 1 aliphatic heterocycles. The second kappa shape index (κ2) is 4.77. The highest BCUT2D eigenvalue weighted by Crippen LogP contribution is 2.06. The van der Waals surface area contributed by atoms with Gasteiger partial charge in [0.05, 0.1) is 19.3 Å². The van der Waals surface area contributed by atoms with Crippen molar-refractivity contribution in [2.75, 3.05) is 19.8 Å². The predicted octanol–water partition coefficient (Wildman–Crippen LogP) is 0.990. The van der Waals surface area contributed by atoms with Crippen molar-refractivity contribution < 1.29 is 4.74 Å². The first-order valence-corrected chi connectivity index (χ1v) is 5.17. The number of hydrogen-bond acceptors (Lipinski definition) is 2. The SMILES string of the molecule is CC(C)NC(=S)N1CCOC[C@H]1C. The summed E-state index contributed by atoms with van der Waals surface area (Å²) >= 11 is 5.29. The van der Waals surface area contributed by atoms with Gasteiger partial charge in [-0.25, -0.2) is 0 Å². The van der Waals surface area contributed by atoms with Crippen molar-refractivity contribution >= 4 is 17.3 Å². The van der Waals surface area contributed by atoms with E-state index in [0.717, 1.165) is 24.9 Å². The lowest BCUT2D eigenvalue weighted by atomic mass is 10.3. The number of rotatable bonds is 1. The molecule has 1 fully saturated rings. The van der Waals surface area contributed by atoms with E-state index in [2.05, 4.69) is 31.0 Å². The highest BCUT2D eigenvalue weighted by Gasteiger charge is 2.20. The normalized spacial score (nSPS) is 23.4. The second-order valence-corrected chi connectivity index (χ2v) is 4.11. The molecule has 0 unspecified atom stereocenters. The molecule has 0 saturated carbocycles. The van der Waals surface area contributed by atoms with E-state index in [1.54, 1.807) is 0 Å². The molecular formula is C9H18N2OS. The molecule has 0 aromatic rings. The molecular weight excluding hydrogens is 184 g/mol. The number of ether oxygens (including phenoxy) is 1. The summed E-state index contributed by atoms with van der Waals surface area (Å²) in [6.07, 6.45) is 0. The zero-order chi connectivity index (χ0) is 9.84. The maximum Gasteiger partial charge on any atom is 0.169 e. The first-order chi connectivity index (χ1) is 6.11. The lowest BCUT2D eigenvalue weighted by molar-refractivity contribution is 0.0327. The first kappa shape index (κ1) is 10.7. The van der Waals surface area contributed by atoms with Crippen LogP contribution in [0.15, 0.2) is 0 Å². The van der Waals surface area contributed by atoms with E-state index in [0.29, 0.717) is 12.1 Å². The molecule has 0 bridgehead atoms. The van der Waals surface area contributed by atoms with Gasteiger partial charge in [-0.05, 0) is 33.0 Å². The van der Waals surface area contributed by atoms with E-state index >= 15 is 0 Å². The van der Waals surface area contributed by atoms with Gasteiger partial charge in [0.25, 0.3) is 0 Å². The highest BCUT2D eigenvalue weighted by atomic mass is 32.1. The summed E-state index contributed by atoms with van der Waals surface area (Å²) in [7, 11) is 0. The molecule has 13 heavy (non-hydrogen) atoms. The van der Waals surface area contributed by atoms with Crippen LogP contribution in [0.1, 0.15) is 20.8 Å². The molecule has 0 aromatic carbocycles. The molecule has 3 nitrogen and oxygen atoms in total. The Balaban J connectivity index is 2.44. The third-order valence-corrected chi connectivity index (χ3v) is 2.39. The van der Waals surface area contributed by atoms with Crippen molar-refractivity contribution in [3.8, 4) is 0 Å². The summed E-state index contributed by atoms with van der Waals surface area (Å²) in [5.74, 6) is 0. The molecule has 1 heterocycles. The molecule has 0 spiro atoms. The van der Waals surface area contributed by atoms with Crippen molar-refractivity contribution in [2.45, 2.75) is 32.9 Å². The molecule has 4 heteroatoms. The lowest BCUT2D eigenvalue weighted by Crippen LogP contribution is -2.52. The minimum atomic E-state index is 0.396. The Morgan fingerprint density at radius 1 is 1.62 bits per heavy atom. The van der Waals surface area contributed by atoms with Crippen LogP contribution in [-0.4, -0.2) is 41.9 Å². The molecule has 0 aliphatic carbocycles. The van der Waals surface area contributed by atoms with Gasteiger partial charge in [0.1, 0.15) is 0 Å². The minimum Gasteiger partial charge on any atom is -0.377 e. The van der Waals surface area contributed by atoms with Crippen LogP contribution in [-0.2, 0) is 4.74 Å². The van der Waals surface area contributed by atoms with Crippen molar-refractivity contribution in [1.82, 2.24) is 10.2 Å². The predicted molar refractivity (Wildman–Crippen MR) is 57.9 cm³/mol. The zero-order valence-electron chi connectivity index (χ0n) is 8.54. The minimum absolute atomic E-state index is 0.396. The maximum atomic E-state index is 5.34. The van der Waals surface area contributed by atoms with Crippen LogP contribution >= 0.6 is 12.2 Å². The van der Waals surface area contributed by atoms with Gasteiger partial charge < -0.3 is 15.0 Å². The van der Waals surface area contributed by atoms with Crippen molar-refractivity contribution in [1.29, 1.82) is 0 Å². The molecule has 1 rings (SSSR count). The summed E-state index contributed by atoms with van der Waals surface area (Å²) in [6.45, 7) is 8.78. The van der Waals surface area contributed by atoms with Gasteiger partial charge >= 0.3 is 0 Å². The Bertz CT molecular complexity index is 184. The monoisotopic (exact) mass is 202 g/mol. The standard InChI is InChI=1S/C9H18N2OS/c1-7(2)10-9(13)11-4-5-12-6-8(11)3/h7-8H,4-6H2,1-3H3,(H,10,13)/t8-/m1/s1. The third kappa shape index (κ3) is 3.12. The van der Waals surface area contributed by atoms with Gasteiger partial charge in [-0.1, -0.05) is 0 Å². The quantitative estimate of drug-likeness (QED) is 0.641. The molecule has 0 aromatic heterocycles. The van der Waals surface area contributed by atoms with Crippen molar-refractivity contribution in [3.05, 3.63) is 0 Å². The summed E-state index contributed by atoms with van der Waals surface area (Å²) < 4.78 is 5.34. The average Bonchev–Trinajstić information content (AvgIpc) is 2.03. The third-order valence-electron chi connectivity index (χ3n) is 2.04. The maximum absolute atomic E-state index is 5.34. The Labute approximate surface area is 85.4 Å². The van der Waals surface area contributed by atoms with E-state index in [-0.39, 0.29) is 0 Å². The van der Waals surface area contributed by atoms with E-state index in [1.165, 1.54) is 0 Å². The van der Waals surface area contributed by atoms with Gasteiger partial charge in [-0.15, -0.1) is 0 Å². The highest BCUT2D eigenvalue weighted by molar-refractivity contribution is 7.80. The van der Waals surface area contributed by atoms with Gasteiger partial charge in [-0.3, -0.25) is 0 Å². The van der Waals surface area contributed by atoms with E-state index in [1.807, 2.05) is 0 Å². The van der Waals surface area contributed by atoms with Gasteiger partial charge in [0.15, 0.2) is 5.11 Å². The van der Waals surface area contributed by atoms with Crippen molar-refractivity contribution in [3.63, 3.8) is 0 Å². The Hall–Kier alpha value is -0.350. The van der Waals surface area contributed by atoms with Crippen molar-refractivity contribution in [2.24, 2.45) is 0 Å². The van der Waals surface area contributed by atoms with Gasteiger partial charge in [0.2, 0.25) is 0 Å². The molecule has 1 saturated heterocycles. The van der Waals surface area contributed by atoms with Crippen LogP contribution in [0.2, 0.25) is 0 Å². The molecule has 0 amide bonds. The van der Waals surface area contributed by atoms with E-state index in [9.17, 15) is 0 Å². The fraction of sp³-hybridized carbons (Fsp3) is 0.889. The smallest absolute Gasteiger partial charge is 0.169 e. The second-order valence-electron chi connectivity index (χ2n) is 3.72. The molecule has 1 N–H and O–H groups in total. The van der Waals surface area contributed by atoms with E-state index < -0.39 is 0 Å². The Kier molecular flexibility index (Phi) is 3.93. The lowest BCUT2D eigenvalue weighted by Gasteiger charge is -2.36. The summed E-state index contributed by atoms with van der Waals surface area (Å²) in [5, 5.41) is 4.10. The molecule has 0 radical (unpaired) electrons. The molecule has 1 atom stereocenters. The number of thiocarbonyl (C=S) groups is 1. The zero-order valence-corrected chi connectivity index (χ0v) is 9.36. The molecule has 1 aliphatic rings. The van der Waals surface area contributed by atoms with Crippen LogP contribution < -0.4 is 5.32 Å². The summed E-state index contributed by atoms with van der Waals surface area (Å²) in [5.41, 5.74) is 0. The number of nitrogens with one attached hydrogen (secondary N) is 1. The average molecular weight is 202 g/mol. The van der Waals surface area contributed by atoms with Crippen LogP contribution in [0.4, 0.5) is 0 Å². The van der Waals surface area contributed by atoms with E-state index in [4.69, 9.17) is 17.0 Å².